The number of hydrogen-bond acceptors (Lipinski definition) is 2. The monoisotopic (exact) mass is 292 g/mol. The summed E-state index contributed by atoms with van der Waals surface area (Å²) in [6.45, 7) is 3.77. The van der Waals surface area contributed by atoms with Crippen LogP contribution in [0.3, 0.4) is 0 Å². The van der Waals surface area contributed by atoms with E-state index < -0.39 is 11.6 Å². The lowest BCUT2D eigenvalue weighted by atomic mass is 9.80. The molecule has 1 fully saturated rings. The second-order valence-corrected chi connectivity index (χ2v) is 5.17. The normalized spacial score (nSPS) is 20.4. The summed E-state index contributed by atoms with van der Waals surface area (Å²) in [6, 6.07) is 16.4. The molecular weight excluding hydrogens is 276 g/mol. The van der Waals surface area contributed by atoms with Crippen molar-refractivity contribution in [3.63, 3.8) is 0 Å². The van der Waals surface area contributed by atoms with Crippen LogP contribution >= 0.6 is 0 Å². The first-order valence-electron chi connectivity index (χ1n) is 7.07. The van der Waals surface area contributed by atoms with Gasteiger partial charge in [-0.25, -0.2) is 4.79 Å². The van der Waals surface area contributed by atoms with Crippen LogP contribution in [0.2, 0.25) is 0 Å². The fourth-order valence-electron chi connectivity index (χ4n) is 2.91. The smallest absolute Gasteiger partial charge is 0.316 e. The summed E-state index contributed by atoms with van der Waals surface area (Å²) in [5.41, 5.74) is 1.26. The second kappa shape index (κ2) is 5.48. The van der Waals surface area contributed by atoms with Crippen molar-refractivity contribution in [1.82, 2.24) is 10.6 Å². The summed E-state index contributed by atoms with van der Waals surface area (Å²) in [4.78, 5) is 24.5. The number of urea groups is 1. The van der Waals surface area contributed by atoms with Gasteiger partial charge in [-0.2, -0.15) is 0 Å². The summed E-state index contributed by atoms with van der Waals surface area (Å²) in [5, 5.41) is 5.17. The lowest BCUT2D eigenvalue weighted by molar-refractivity contribution is -0.122. The third-order valence-electron chi connectivity index (χ3n) is 3.86. The van der Waals surface area contributed by atoms with Gasteiger partial charge in [0, 0.05) is 0 Å². The number of allylic oxidation sites excluding steroid dienone is 1. The van der Waals surface area contributed by atoms with Crippen molar-refractivity contribution in [1.29, 1.82) is 0 Å². The highest BCUT2D eigenvalue weighted by molar-refractivity contribution is 6.09. The molecule has 4 nitrogen and oxygen atoms in total. The van der Waals surface area contributed by atoms with Gasteiger partial charge in [-0.1, -0.05) is 60.7 Å². The molecule has 0 saturated carbocycles. The number of hydrogen-bond donors (Lipinski definition) is 2. The molecule has 1 heterocycles. The largest absolute Gasteiger partial charge is 0.322 e. The van der Waals surface area contributed by atoms with E-state index in [1.54, 1.807) is 6.08 Å². The Hall–Kier alpha value is -2.88. The van der Waals surface area contributed by atoms with Crippen molar-refractivity contribution in [2.45, 2.75) is 12.0 Å². The molecule has 2 aromatic carbocycles. The Kier molecular flexibility index (Phi) is 3.51. The average molecular weight is 292 g/mol. The molecule has 0 aromatic heterocycles. The van der Waals surface area contributed by atoms with E-state index in [1.807, 2.05) is 54.6 Å². The molecule has 110 valence electrons. The molecule has 1 atom stereocenters. The predicted molar refractivity (Wildman–Crippen MR) is 84.2 cm³/mol. The third kappa shape index (κ3) is 2.09. The van der Waals surface area contributed by atoms with Crippen molar-refractivity contribution in [2.24, 2.45) is 0 Å². The molecule has 1 aliphatic heterocycles. The molecule has 1 aliphatic rings. The topological polar surface area (TPSA) is 58.2 Å². The van der Waals surface area contributed by atoms with Gasteiger partial charge in [-0.05, 0) is 23.1 Å². The second-order valence-electron chi connectivity index (χ2n) is 5.17. The van der Waals surface area contributed by atoms with Crippen LogP contribution < -0.4 is 10.6 Å². The number of rotatable bonds is 4. The lowest BCUT2D eigenvalue weighted by Gasteiger charge is -2.29. The van der Waals surface area contributed by atoms with Crippen LogP contribution in [0.5, 0.6) is 0 Å². The molecule has 2 aromatic rings. The minimum atomic E-state index is -1.20. The summed E-state index contributed by atoms with van der Waals surface area (Å²) < 4.78 is 0. The Bertz CT molecular complexity index is 740. The van der Waals surface area contributed by atoms with E-state index >= 15 is 0 Å². The quantitative estimate of drug-likeness (QED) is 0.672. The SMILES string of the molecule is C=CCc1ccccc1C1(c2ccccc2)NC(=O)NC1=O. The van der Waals surface area contributed by atoms with Crippen LogP contribution in [-0.2, 0) is 16.8 Å². The predicted octanol–water partition coefficient (Wildman–Crippen LogP) is 2.50. The Morgan fingerprint density at radius 2 is 1.68 bits per heavy atom. The van der Waals surface area contributed by atoms with Crippen LogP contribution in [-0.4, -0.2) is 11.9 Å². The van der Waals surface area contributed by atoms with E-state index in [0.717, 1.165) is 16.7 Å². The zero-order chi connectivity index (χ0) is 15.6. The molecule has 0 aliphatic carbocycles. The van der Waals surface area contributed by atoms with Gasteiger partial charge in [0.25, 0.3) is 5.91 Å². The van der Waals surface area contributed by atoms with E-state index in [1.165, 1.54) is 0 Å². The highest BCUT2D eigenvalue weighted by Gasteiger charge is 2.49. The van der Waals surface area contributed by atoms with E-state index in [4.69, 9.17) is 0 Å². The van der Waals surface area contributed by atoms with Crippen LogP contribution in [0.4, 0.5) is 4.79 Å². The molecule has 3 rings (SSSR count). The Balaban J connectivity index is 2.26. The van der Waals surface area contributed by atoms with Gasteiger partial charge in [0.15, 0.2) is 5.54 Å². The number of carbonyl (C=O) groups is 2. The highest BCUT2D eigenvalue weighted by Crippen LogP contribution is 2.35. The summed E-state index contributed by atoms with van der Waals surface area (Å²) in [5.74, 6) is -0.361. The molecule has 4 heteroatoms. The van der Waals surface area contributed by atoms with Crippen molar-refractivity contribution < 1.29 is 9.59 Å². The lowest BCUT2D eigenvalue weighted by Crippen LogP contribution is -2.45. The van der Waals surface area contributed by atoms with E-state index in [-0.39, 0.29) is 5.91 Å². The zero-order valence-electron chi connectivity index (χ0n) is 12.0. The molecule has 3 amide bonds. The number of benzene rings is 2. The molecule has 0 bridgehead atoms. The highest BCUT2D eigenvalue weighted by atomic mass is 16.2. The van der Waals surface area contributed by atoms with E-state index in [0.29, 0.717) is 6.42 Å². The minimum absolute atomic E-state index is 0.361. The van der Waals surface area contributed by atoms with Crippen LogP contribution in [0.15, 0.2) is 67.3 Å². The van der Waals surface area contributed by atoms with Crippen molar-refractivity contribution >= 4 is 11.9 Å². The van der Waals surface area contributed by atoms with Crippen LogP contribution in [0.25, 0.3) is 0 Å². The van der Waals surface area contributed by atoms with Gasteiger partial charge in [0.05, 0.1) is 0 Å². The van der Waals surface area contributed by atoms with Crippen molar-refractivity contribution in [3.8, 4) is 0 Å². The number of carbonyl (C=O) groups excluding carboxylic acids is 2. The van der Waals surface area contributed by atoms with Crippen LogP contribution in [0, 0.1) is 0 Å². The molecule has 1 saturated heterocycles. The third-order valence-corrected chi connectivity index (χ3v) is 3.86. The van der Waals surface area contributed by atoms with Gasteiger partial charge in [-0.15, -0.1) is 6.58 Å². The maximum absolute atomic E-state index is 12.6. The Morgan fingerprint density at radius 1 is 1.00 bits per heavy atom. The summed E-state index contributed by atoms with van der Waals surface area (Å²) in [7, 11) is 0. The molecule has 22 heavy (non-hydrogen) atoms. The maximum Gasteiger partial charge on any atom is 0.322 e. The van der Waals surface area contributed by atoms with Gasteiger partial charge in [0.2, 0.25) is 0 Å². The Morgan fingerprint density at radius 3 is 2.32 bits per heavy atom. The zero-order valence-corrected chi connectivity index (χ0v) is 12.0. The standard InChI is InChI=1S/C18H16N2O2/c1-2-8-13-9-6-7-12-15(13)18(14-10-4-3-5-11-14)16(21)19-17(22)20-18/h2-7,9-12H,1,8H2,(H2,19,20,21,22). The fourth-order valence-corrected chi connectivity index (χ4v) is 2.91. The van der Waals surface area contributed by atoms with Gasteiger partial charge in [-0.3, -0.25) is 10.1 Å². The van der Waals surface area contributed by atoms with Crippen molar-refractivity contribution in [3.05, 3.63) is 83.9 Å². The molecular formula is C18H16N2O2. The number of amides is 3. The maximum atomic E-state index is 12.6. The van der Waals surface area contributed by atoms with E-state index in [2.05, 4.69) is 17.2 Å². The first kappa shape index (κ1) is 14.1. The number of nitrogens with one attached hydrogen (secondary N) is 2. The van der Waals surface area contributed by atoms with Gasteiger partial charge >= 0.3 is 6.03 Å². The molecule has 1 unspecified atom stereocenters. The molecule has 2 N–H and O–H groups in total. The summed E-state index contributed by atoms with van der Waals surface area (Å²) >= 11 is 0. The van der Waals surface area contributed by atoms with Gasteiger partial charge in [0.1, 0.15) is 0 Å². The van der Waals surface area contributed by atoms with Gasteiger partial charge < -0.3 is 5.32 Å². The Labute approximate surface area is 128 Å². The first-order valence-corrected chi connectivity index (χ1v) is 7.07. The average Bonchev–Trinajstić information content (AvgIpc) is 2.84. The van der Waals surface area contributed by atoms with Crippen molar-refractivity contribution in [2.75, 3.05) is 0 Å². The number of imide groups is 1. The molecule has 0 spiro atoms. The summed E-state index contributed by atoms with van der Waals surface area (Å²) in [6.07, 6.45) is 2.40. The molecule has 0 radical (unpaired) electrons. The fraction of sp³-hybridized carbons (Fsp3) is 0.111. The van der Waals surface area contributed by atoms with Crippen LogP contribution in [0.1, 0.15) is 16.7 Å². The minimum Gasteiger partial charge on any atom is -0.316 e. The first-order chi connectivity index (χ1) is 10.7. The van der Waals surface area contributed by atoms with E-state index in [9.17, 15) is 9.59 Å².